The monoisotopic (exact) mass is 441 g/mol. The minimum absolute atomic E-state index is 0.319. The van der Waals surface area contributed by atoms with Crippen molar-refractivity contribution in [2.45, 2.75) is 53.7 Å². The van der Waals surface area contributed by atoms with Crippen LogP contribution in [0.15, 0.2) is 40.5 Å². The molecule has 5 rings (SSSR count). The molecule has 2 aliphatic rings. The molecule has 0 saturated carbocycles. The van der Waals surface area contributed by atoms with Crippen molar-refractivity contribution >= 4 is 46.2 Å². The maximum atomic E-state index is 6.26. The van der Waals surface area contributed by atoms with Gasteiger partial charge in [0.2, 0.25) is 0 Å². The summed E-state index contributed by atoms with van der Waals surface area (Å²) in [5.41, 5.74) is 7.25. The fraction of sp³-hybridized carbons (Fsp3) is 0.429. The van der Waals surface area contributed by atoms with Gasteiger partial charge in [-0.15, -0.1) is 0 Å². The van der Waals surface area contributed by atoms with E-state index in [-0.39, 0.29) is 0 Å². The fourth-order valence-electron chi connectivity index (χ4n) is 4.64. The molecule has 2 saturated heterocycles. The SMILES string of the molecule is CN(C)[C@@H]1C[C@H]2CC[C@@H](C1)N2c1cnc2nc(Sc3ccnc(N)c3Cl)ccc2n1. The highest BCUT2D eigenvalue weighted by Crippen LogP contribution is 2.40. The number of hydrogen-bond donors (Lipinski definition) is 1. The summed E-state index contributed by atoms with van der Waals surface area (Å²) in [4.78, 5) is 23.9. The van der Waals surface area contributed by atoms with Crippen LogP contribution in [-0.2, 0) is 0 Å². The summed E-state index contributed by atoms with van der Waals surface area (Å²) in [6.07, 6.45) is 8.36. The third-order valence-electron chi connectivity index (χ3n) is 6.16. The zero-order chi connectivity index (χ0) is 20.8. The Morgan fingerprint density at radius 1 is 1.10 bits per heavy atom. The van der Waals surface area contributed by atoms with Gasteiger partial charge in [-0.1, -0.05) is 23.4 Å². The maximum absolute atomic E-state index is 6.26. The van der Waals surface area contributed by atoms with Crippen molar-refractivity contribution in [3.8, 4) is 0 Å². The van der Waals surface area contributed by atoms with Crippen LogP contribution in [0.25, 0.3) is 11.2 Å². The number of halogens is 1. The highest BCUT2D eigenvalue weighted by Gasteiger charge is 2.42. The van der Waals surface area contributed by atoms with Crippen LogP contribution in [0.2, 0.25) is 5.02 Å². The van der Waals surface area contributed by atoms with Gasteiger partial charge in [-0.2, -0.15) is 0 Å². The van der Waals surface area contributed by atoms with Gasteiger partial charge in [0.1, 0.15) is 22.2 Å². The van der Waals surface area contributed by atoms with Gasteiger partial charge in [0.15, 0.2) is 5.65 Å². The first-order valence-corrected chi connectivity index (χ1v) is 11.4. The molecule has 0 aromatic carbocycles. The first kappa shape index (κ1) is 19.8. The summed E-state index contributed by atoms with van der Waals surface area (Å²) >= 11 is 7.70. The zero-order valence-electron chi connectivity index (χ0n) is 17.0. The summed E-state index contributed by atoms with van der Waals surface area (Å²) in [5.74, 6) is 1.29. The van der Waals surface area contributed by atoms with Gasteiger partial charge in [-0.05, 0) is 58.0 Å². The Bertz CT molecular complexity index is 1080. The van der Waals surface area contributed by atoms with Crippen LogP contribution >= 0.6 is 23.4 Å². The first-order chi connectivity index (χ1) is 14.5. The number of pyridine rings is 2. The number of aromatic nitrogens is 4. The molecule has 9 heteroatoms. The number of nitrogens with two attached hydrogens (primary N) is 1. The smallest absolute Gasteiger partial charge is 0.179 e. The molecule has 0 radical (unpaired) electrons. The lowest BCUT2D eigenvalue weighted by atomic mass is 9.96. The van der Waals surface area contributed by atoms with Gasteiger partial charge in [0, 0.05) is 29.2 Å². The van der Waals surface area contributed by atoms with Crippen LogP contribution in [-0.4, -0.2) is 57.1 Å². The number of hydrogen-bond acceptors (Lipinski definition) is 8. The highest BCUT2D eigenvalue weighted by atomic mass is 35.5. The lowest BCUT2D eigenvalue weighted by Crippen LogP contribution is -2.49. The lowest BCUT2D eigenvalue weighted by molar-refractivity contribution is 0.221. The molecule has 0 spiro atoms. The number of anilines is 2. The van der Waals surface area contributed by atoms with Crippen LogP contribution in [0.1, 0.15) is 25.7 Å². The summed E-state index contributed by atoms with van der Waals surface area (Å²) < 4.78 is 0. The van der Waals surface area contributed by atoms with Gasteiger partial charge in [0.25, 0.3) is 0 Å². The lowest BCUT2D eigenvalue weighted by Gasteiger charge is -2.41. The third-order valence-corrected chi connectivity index (χ3v) is 7.67. The van der Waals surface area contributed by atoms with Crippen LogP contribution < -0.4 is 10.6 Å². The minimum Gasteiger partial charge on any atom is -0.382 e. The van der Waals surface area contributed by atoms with Crippen molar-refractivity contribution in [1.82, 2.24) is 24.8 Å². The molecule has 30 heavy (non-hydrogen) atoms. The van der Waals surface area contributed by atoms with Gasteiger partial charge in [-0.3, -0.25) is 0 Å². The van der Waals surface area contributed by atoms with E-state index in [0.717, 1.165) is 21.3 Å². The van der Waals surface area contributed by atoms with Crippen molar-refractivity contribution in [2.24, 2.45) is 0 Å². The second-order valence-electron chi connectivity index (χ2n) is 8.21. The van der Waals surface area contributed by atoms with Crippen molar-refractivity contribution in [3.63, 3.8) is 0 Å². The summed E-state index contributed by atoms with van der Waals surface area (Å²) in [7, 11) is 4.37. The molecule has 156 valence electrons. The Labute approximate surface area is 185 Å². The van der Waals surface area contributed by atoms with Crippen molar-refractivity contribution < 1.29 is 0 Å². The average molecular weight is 442 g/mol. The Kier molecular flexibility index (Phi) is 5.16. The first-order valence-electron chi connectivity index (χ1n) is 10.2. The number of nitrogen functional groups attached to an aromatic ring is 1. The van der Waals surface area contributed by atoms with Gasteiger partial charge >= 0.3 is 0 Å². The Hall–Kier alpha value is -2.16. The largest absolute Gasteiger partial charge is 0.382 e. The number of nitrogens with zero attached hydrogens (tertiary/aromatic N) is 6. The van der Waals surface area contributed by atoms with Crippen molar-refractivity contribution in [3.05, 3.63) is 35.6 Å². The predicted molar refractivity (Wildman–Crippen MR) is 121 cm³/mol. The summed E-state index contributed by atoms with van der Waals surface area (Å²) in [5, 5.41) is 1.24. The number of fused-ring (bicyclic) bond motifs is 3. The molecule has 3 aromatic rings. The molecule has 2 aliphatic heterocycles. The standard InChI is InChI=1S/C21H24ClN7S/c1-28(2)14-9-12-3-4-13(10-14)29(12)17-11-25-21-15(26-17)5-6-18(27-21)30-16-7-8-24-20(23)19(16)22/h5-8,11-14H,3-4,9-10H2,1-2H3,(H2,23,24)/t12-,13+,14-. The molecule has 3 atom stereocenters. The molecule has 0 aliphatic carbocycles. The van der Waals surface area contributed by atoms with Crippen LogP contribution in [0.4, 0.5) is 11.6 Å². The zero-order valence-corrected chi connectivity index (χ0v) is 18.6. The van der Waals surface area contributed by atoms with Gasteiger partial charge in [-0.25, -0.2) is 19.9 Å². The van der Waals surface area contributed by atoms with Crippen LogP contribution in [0.5, 0.6) is 0 Å². The van der Waals surface area contributed by atoms with E-state index in [0.29, 0.717) is 34.6 Å². The Morgan fingerprint density at radius 3 is 2.60 bits per heavy atom. The molecule has 2 fully saturated rings. The van der Waals surface area contributed by atoms with E-state index in [1.807, 2.05) is 24.4 Å². The van der Waals surface area contributed by atoms with Crippen molar-refractivity contribution in [1.29, 1.82) is 0 Å². The molecule has 5 heterocycles. The Balaban J connectivity index is 1.40. The topological polar surface area (TPSA) is 84.1 Å². The molecule has 7 nitrogen and oxygen atoms in total. The van der Waals surface area contributed by atoms with Crippen molar-refractivity contribution in [2.75, 3.05) is 24.7 Å². The highest BCUT2D eigenvalue weighted by molar-refractivity contribution is 7.99. The van der Waals surface area contributed by atoms with E-state index in [9.17, 15) is 0 Å². The molecule has 3 aromatic heterocycles. The maximum Gasteiger partial charge on any atom is 0.179 e. The van der Waals surface area contributed by atoms with E-state index in [1.54, 1.807) is 6.20 Å². The molecule has 0 unspecified atom stereocenters. The third kappa shape index (κ3) is 3.57. The molecular weight excluding hydrogens is 418 g/mol. The van der Waals surface area contributed by atoms with E-state index >= 15 is 0 Å². The summed E-state index contributed by atoms with van der Waals surface area (Å²) in [6.45, 7) is 0. The summed E-state index contributed by atoms with van der Waals surface area (Å²) in [6, 6.07) is 7.51. The molecule has 2 N–H and O–H groups in total. The predicted octanol–water partition coefficient (Wildman–Crippen LogP) is 3.87. The molecule has 2 bridgehead atoms. The quantitative estimate of drug-likeness (QED) is 0.653. The van der Waals surface area contributed by atoms with Gasteiger partial charge in [0.05, 0.1) is 11.2 Å². The molecule has 0 amide bonds. The second-order valence-corrected chi connectivity index (χ2v) is 9.65. The van der Waals surface area contributed by atoms with E-state index in [2.05, 4.69) is 38.8 Å². The van der Waals surface area contributed by atoms with Crippen LogP contribution in [0, 0.1) is 0 Å². The van der Waals surface area contributed by atoms with E-state index in [1.165, 1.54) is 37.4 Å². The Morgan fingerprint density at radius 2 is 1.87 bits per heavy atom. The second kappa shape index (κ2) is 7.83. The van der Waals surface area contributed by atoms with Crippen LogP contribution in [0.3, 0.4) is 0 Å². The van der Waals surface area contributed by atoms with E-state index < -0.39 is 0 Å². The minimum atomic E-state index is 0.319. The van der Waals surface area contributed by atoms with Gasteiger partial charge < -0.3 is 15.5 Å². The normalized spacial score (nSPS) is 23.5. The fourth-order valence-corrected chi connectivity index (χ4v) is 5.68. The van der Waals surface area contributed by atoms with E-state index in [4.69, 9.17) is 22.3 Å². The molecular formula is C21H24ClN7S. The number of piperidine rings is 1. The average Bonchev–Trinajstić information content (AvgIpc) is 3.00. The number of rotatable bonds is 4.